The lowest BCUT2D eigenvalue weighted by Gasteiger charge is -2.18. The number of benzene rings is 1. The standard InChI is InChI=1S/C12H11N3O3S/c13-10-9(11(16)15-12(19)14-10)6-1-2-7-8(5-6)18-4-3-17-7/h1-2,5H,3-4H2,(H4,13,14,15,16,19). The molecule has 2 heterocycles. The molecule has 1 aliphatic rings. The first-order valence-corrected chi connectivity index (χ1v) is 6.08. The second-order valence-corrected chi connectivity index (χ2v) is 4.46. The van der Waals surface area contributed by atoms with Gasteiger partial charge in [-0.25, -0.2) is 0 Å². The first-order chi connectivity index (χ1) is 9.15. The van der Waals surface area contributed by atoms with E-state index in [9.17, 15) is 4.79 Å². The maximum Gasteiger partial charge on any atom is 0.261 e. The molecular formula is C12H11N3O3S. The Labute approximate surface area is 113 Å². The third-order valence-electron chi connectivity index (χ3n) is 2.80. The predicted molar refractivity (Wildman–Crippen MR) is 73.1 cm³/mol. The summed E-state index contributed by atoms with van der Waals surface area (Å²) in [5.41, 5.74) is 6.47. The number of H-pyrrole nitrogens is 2. The number of anilines is 1. The molecule has 0 saturated heterocycles. The quantitative estimate of drug-likeness (QED) is 0.686. The normalized spacial score (nSPS) is 13.3. The van der Waals surface area contributed by atoms with E-state index in [1.165, 1.54) is 0 Å². The highest BCUT2D eigenvalue weighted by Crippen LogP contribution is 2.34. The van der Waals surface area contributed by atoms with E-state index in [1.807, 2.05) is 0 Å². The molecular weight excluding hydrogens is 266 g/mol. The van der Waals surface area contributed by atoms with Gasteiger partial charge in [0, 0.05) is 0 Å². The minimum Gasteiger partial charge on any atom is -0.486 e. The molecule has 0 saturated carbocycles. The maximum absolute atomic E-state index is 11.9. The molecule has 3 rings (SSSR count). The van der Waals surface area contributed by atoms with Gasteiger partial charge in [-0.1, -0.05) is 6.07 Å². The van der Waals surface area contributed by atoms with Crippen LogP contribution in [0.25, 0.3) is 11.1 Å². The van der Waals surface area contributed by atoms with Crippen LogP contribution in [0.2, 0.25) is 0 Å². The Morgan fingerprint density at radius 2 is 1.89 bits per heavy atom. The highest BCUT2D eigenvalue weighted by Gasteiger charge is 2.15. The molecule has 0 unspecified atom stereocenters. The second kappa shape index (κ2) is 4.43. The fraction of sp³-hybridized carbons (Fsp3) is 0.167. The number of hydrogen-bond acceptors (Lipinski definition) is 5. The van der Waals surface area contributed by atoms with E-state index in [1.54, 1.807) is 18.2 Å². The van der Waals surface area contributed by atoms with Gasteiger partial charge in [0.05, 0.1) is 5.56 Å². The van der Waals surface area contributed by atoms with Crippen LogP contribution in [0.5, 0.6) is 11.5 Å². The fourth-order valence-corrected chi connectivity index (χ4v) is 2.19. The summed E-state index contributed by atoms with van der Waals surface area (Å²) in [4.78, 5) is 17.2. The van der Waals surface area contributed by atoms with Crippen LogP contribution in [-0.2, 0) is 0 Å². The van der Waals surface area contributed by atoms with E-state index < -0.39 is 0 Å². The maximum atomic E-state index is 11.9. The Balaban J connectivity index is 2.18. The molecule has 1 aromatic heterocycles. The minimum absolute atomic E-state index is 0.198. The van der Waals surface area contributed by atoms with E-state index in [0.717, 1.165) is 0 Å². The van der Waals surface area contributed by atoms with Crippen molar-refractivity contribution in [1.29, 1.82) is 0 Å². The van der Waals surface area contributed by atoms with Crippen LogP contribution in [0.3, 0.4) is 0 Å². The van der Waals surface area contributed by atoms with Gasteiger partial charge in [-0.15, -0.1) is 0 Å². The number of aromatic nitrogens is 2. The number of rotatable bonds is 1. The van der Waals surface area contributed by atoms with E-state index >= 15 is 0 Å². The van der Waals surface area contributed by atoms with Crippen molar-refractivity contribution >= 4 is 18.0 Å². The third kappa shape index (κ3) is 2.08. The Hall–Kier alpha value is -2.28. The Bertz CT molecular complexity index is 751. The lowest BCUT2D eigenvalue weighted by atomic mass is 10.1. The predicted octanol–water partition coefficient (Wildman–Crippen LogP) is 1.45. The van der Waals surface area contributed by atoms with Gasteiger partial charge in [0.2, 0.25) is 0 Å². The molecule has 0 amide bonds. The number of fused-ring (bicyclic) bond motifs is 1. The first-order valence-electron chi connectivity index (χ1n) is 5.67. The molecule has 1 aliphatic heterocycles. The Morgan fingerprint density at radius 3 is 2.63 bits per heavy atom. The smallest absolute Gasteiger partial charge is 0.261 e. The Kier molecular flexibility index (Phi) is 2.75. The molecule has 0 bridgehead atoms. The molecule has 4 N–H and O–H groups in total. The summed E-state index contributed by atoms with van der Waals surface area (Å²) in [6.07, 6.45) is 0. The van der Waals surface area contributed by atoms with Gasteiger partial charge in [0.15, 0.2) is 16.3 Å². The second-order valence-electron chi connectivity index (χ2n) is 4.06. The summed E-state index contributed by atoms with van der Waals surface area (Å²) < 4.78 is 11.1. The topological polar surface area (TPSA) is 93.1 Å². The van der Waals surface area contributed by atoms with E-state index in [-0.39, 0.29) is 16.1 Å². The van der Waals surface area contributed by atoms with Gasteiger partial charge in [-0.3, -0.25) is 9.78 Å². The first kappa shape index (κ1) is 11.8. The zero-order valence-corrected chi connectivity index (χ0v) is 10.7. The van der Waals surface area contributed by atoms with Gasteiger partial charge in [-0.05, 0) is 29.9 Å². The summed E-state index contributed by atoms with van der Waals surface area (Å²) in [6, 6.07) is 5.24. The average Bonchev–Trinajstić information content (AvgIpc) is 2.37. The van der Waals surface area contributed by atoms with Gasteiger partial charge in [0.1, 0.15) is 19.0 Å². The average molecular weight is 277 g/mol. The Morgan fingerprint density at radius 1 is 1.16 bits per heavy atom. The van der Waals surface area contributed by atoms with Crippen LogP contribution in [-0.4, -0.2) is 23.2 Å². The number of nitrogen functional groups attached to an aromatic ring is 1. The van der Waals surface area contributed by atoms with Crippen molar-refractivity contribution in [1.82, 2.24) is 9.97 Å². The highest BCUT2D eigenvalue weighted by molar-refractivity contribution is 7.71. The largest absolute Gasteiger partial charge is 0.486 e. The molecule has 1 aromatic carbocycles. The summed E-state index contributed by atoms with van der Waals surface area (Å²) in [5.74, 6) is 1.49. The van der Waals surface area contributed by atoms with Crippen molar-refractivity contribution in [3.05, 3.63) is 33.3 Å². The van der Waals surface area contributed by atoms with Crippen molar-refractivity contribution in [2.45, 2.75) is 0 Å². The van der Waals surface area contributed by atoms with Crippen LogP contribution in [0.15, 0.2) is 23.0 Å². The molecule has 0 aliphatic carbocycles. The number of aromatic amines is 2. The molecule has 0 radical (unpaired) electrons. The lowest BCUT2D eigenvalue weighted by molar-refractivity contribution is 0.171. The highest BCUT2D eigenvalue weighted by atomic mass is 32.1. The summed E-state index contributed by atoms with van der Waals surface area (Å²) in [6.45, 7) is 1.01. The fourth-order valence-electron chi connectivity index (χ4n) is 1.99. The van der Waals surface area contributed by atoms with E-state index in [4.69, 9.17) is 27.4 Å². The zero-order valence-electron chi connectivity index (χ0n) is 9.86. The summed E-state index contributed by atoms with van der Waals surface area (Å²) in [7, 11) is 0. The molecule has 98 valence electrons. The van der Waals surface area contributed by atoms with E-state index in [2.05, 4.69) is 9.97 Å². The van der Waals surface area contributed by atoms with Crippen molar-refractivity contribution in [3.63, 3.8) is 0 Å². The third-order valence-corrected chi connectivity index (χ3v) is 3.01. The van der Waals surface area contributed by atoms with E-state index in [0.29, 0.717) is 35.8 Å². The van der Waals surface area contributed by atoms with Crippen LogP contribution >= 0.6 is 12.2 Å². The molecule has 6 nitrogen and oxygen atoms in total. The number of ether oxygens (including phenoxy) is 2. The van der Waals surface area contributed by atoms with Crippen LogP contribution in [0.1, 0.15) is 0 Å². The monoisotopic (exact) mass is 277 g/mol. The van der Waals surface area contributed by atoms with Crippen LogP contribution in [0.4, 0.5) is 5.82 Å². The van der Waals surface area contributed by atoms with Gasteiger partial charge >= 0.3 is 0 Å². The van der Waals surface area contributed by atoms with Gasteiger partial charge in [0.25, 0.3) is 5.56 Å². The van der Waals surface area contributed by atoms with Crippen molar-refractivity contribution in [2.75, 3.05) is 18.9 Å². The molecule has 0 atom stereocenters. The lowest BCUT2D eigenvalue weighted by Crippen LogP contribution is -2.16. The van der Waals surface area contributed by atoms with Crippen LogP contribution in [0, 0.1) is 4.77 Å². The minimum atomic E-state index is -0.335. The molecule has 2 aromatic rings. The van der Waals surface area contributed by atoms with Crippen molar-refractivity contribution in [2.24, 2.45) is 0 Å². The molecule has 19 heavy (non-hydrogen) atoms. The van der Waals surface area contributed by atoms with Crippen molar-refractivity contribution in [3.8, 4) is 22.6 Å². The molecule has 7 heteroatoms. The summed E-state index contributed by atoms with van der Waals surface area (Å²) in [5, 5.41) is 0. The van der Waals surface area contributed by atoms with Gasteiger partial charge in [-0.2, -0.15) is 0 Å². The summed E-state index contributed by atoms with van der Waals surface area (Å²) >= 11 is 4.86. The van der Waals surface area contributed by atoms with Crippen LogP contribution < -0.4 is 20.8 Å². The van der Waals surface area contributed by atoms with Gasteiger partial charge < -0.3 is 20.2 Å². The molecule has 0 fully saturated rings. The molecule has 0 spiro atoms. The zero-order chi connectivity index (χ0) is 13.4. The number of nitrogens with two attached hydrogens (primary N) is 1. The van der Waals surface area contributed by atoms with Crippen molar-refractivity contribution < 1.29 is 9.47 Å². The SMILES string of the molecule is Nc1[nH]c(=S)[nH]c(=O)c1-c1ccc2c(c1)OCCO2. The number of hydrogen-bond donors (Lipinski definition) is 3. The number of nitrogens with one attached hydrogen (secondary N) is 2.